The molecule has 2 heterocycles. The smallest absolute Gasteiger partial charge is 0.303 e. The number of H-pyrrole nitrogens is 1. The highest BCUT2D eigenvalue weighted by Crippen LogP contribution is 2.34. The summed E-state index contributed by atoms with van der Waals surface area (Å²) in [7, 11) is 0. The normalized spacial score (nSPS) is 14.9. The van der Waals surface area contributed by atoms with E-state index in [4.69, 9.17) is 5.11 Å². The maximum atomic E-state index is 12.2. The van der Waals surface area contributed by atoms with E-state index < -0.39 is 5.97 Å². The molecular formula is C18H18N2O3. The van der Waals surface area contributed by atoms with Crippen molar-refractivity contribution in [3.05, 3.63) is 52.3 Å². The highest BCUT2D eigenvalue weighted by Gasteiger charge is 2.24. The van der Waals surface area contributed by atoms with Crippen LogP contribution in [0.2, 0.25) is 0 Å². The molecule has 0 saturated heterocycles. The number of hydrogen-bond acceptors (Lipinski definition) is 2. The van der Waals surface area contributed by atoms with Gasteiger partial charge in [0.1, 0.15) is 0 Å². The van der Waals surface area contributed by atoms with Crippen LogP contribution in [0.1, 0.15) is 34.5 Å². The molecule has 0 radical (unpaired) electrons. The summed E-state index contributed by atoms with van der Waals surface area (Å²) in [6, 6.07) is 7.61. The van der Waals surface area contributed by atoms with Gasteiger partial charge in [-0.15, -0.1) is 0 Å². The molecule has 1 aromatic heterocycles. The van der Waals surface area contributed by atoms with Gasteiger partial charge < -0.3 is 15.4 Å². The predicted molar refractivity (Wildman–Crippen MR) is 89.2 cm³/mol. The van der Waals surface area contributed by atoms with Crippen molar-refractivity contribution in [2.24, 2.45) is 0 Å². The highest BCUT2D eigenvalue weighted by molar-refractivity contribution is 6.34. The number of benzene rings is 1. The Balaban J connectivity index is 1.98. The Bertz CT molecular complexity index is 831. The zero-order valence-corrected chi connectivity index (χ0v) is 13.1. The van der Waals surface area contributed by atoms with Gasteiger partial charge in [0.2, 0.25) is 0 Å². The average Bonchev–Trinajstić information content (AvgIpc) is 2.97. The van der Waals surface area contributed by atoms with Gasteiger partial charge in [-0.2, -0.15) is 0 Å². The zero-order valence-electron chi connectivity index (χ0n) is 13.1. The summed E-state index contributed by atoms with van der Waals surface area (Å²) in [5.41, 5.74) is 6.14. The Morgan fingerprint density at radius 1 is 1.26 bits per heavy atom. The molecule has 5 heteroatoms. The molecule has 1 amide bonds. The van der Waals surface area contributed by atoms with Gasteiger partial charge >= 0.3 is 5.97 Å². The van der Waals surface area contributed by atoms with Crippen LogP contribution in [0.5, 0.6) is 0 Å². The van der Waals surface area contributed by atoms with Crippen LogP contribution < -0.4 is 5.32 Å². The summed E-state index contributed by atoms with van der Waals surface area (Å²) >= 11 is 0. The first kappa shape index (κ1) is 15.1. The van der Waals surface area contributed by atoms with Crippen LogP contribution >= 0.6 is 0 Å². The largest absolute Gasteiger partial charge is 0.481 e. The van der Waals surface area contributed by atoms with Crippen molar-refractivity contribution >= 4 is 29.2 Å². The number of fused-ring (bicyclic) bond motifs is 1. The van der Waals surface area contributed by atoms with E-state index in [1.54, 1.807) is 0 Å². The minimum atomic E-state index is -0.826. The van der Waals surface area contributed by atoms with E-state index in [2.05, 4.69) is 10.3 Å². The van der Waals surface area contributed by atoms with E-state index in [9.17, 15) is 9.59 Å². The third-order valence-corrected chi connectivity index (χ3v) is 3.97. The fourth-order valence-electron chi connectivity index (χ4n) is 2.83. The first-order valence-corrected chi connectivity index (χ1v) is 7.48. The van der Waals surface area contributed by atoms with Crippen molar-refractivity contribution in [1.82, 2.24) is 4.98 Å². The number of aromatic nitrogens is 1. The summed E-state index contributed by atoms with van der Waals surface area (Å²) in [6.07, 6.45) is 2.38. The Morgan fingerprint density at radius 2 is 2.04 bits per heavy atom. The SMILES string of the molecule is Cc1cc(C)c(/C=C2\C(=O)Nc3ccc(CCC(=O)O)cc32)[nH]1. The van der Waals surface area contributed by atoms with E-state index in [1.807, 2.05) is 44.2 Å². The van der Waals surface area contributed by atoms with E-state index in [0.717, 1.165) is 33.8 Å². The van der Waals surface area contributed by atoms with Crippen LogP contribution in [-0.2, 0) is 16.0 Å². The van der Waals surface area contributed by atoms with Crippen LogP contribution in [-0.4, -0.2) is 22.0 Å². The maximum Gasteiger partial charge on any atom is 0.303 e. The van der Waals surface area contributed by atoms with Gasteiger partial charge in [0.15, 0.2) is 0 Å². The van der Waals surface area contributed by atoms with Crippen molar-refractivity contribution < 1.29 is 14.7 Å². The number of amides is 1. The lowest BCUT2D eigenvalue weighted by Gasteiger charge is -2.03. The number of carboxylic acids is 1. The molecule has 3 rings (SSSR count). The molecule has 0 spiro atoms. The molecule has 1 aliphatic heterocycles. The number of aromatic amines is 1. The van der Waals surface area contributed by atoms with Crippen LogP contribution in [0.3, 0.4) is 0 Å². The second-order valence-electron chi connectivity index (χ2n) is 5.83. The van der Waals surface area contributed by atoms with Crippen LogP contribution in [0.25, 0.3) is 11.6 Å². The van der Waals surface area contributed by atoms with Crippen molar-refractivity contribution in [2.45, 2.75) is 26.7 Å². The van der Waals surface area contributed by atoms with Crippen molar-refractivity contribution in [2.75, 3.05) is 5.32 Å². The molecule has 0 atom stereocenters. The topological polar surface area (TPSA) is 82.2 Å². The molecule has 1 aliphatic rings. The molecular weight excluding hydrogens is 292 g/mol. The van der Waals surface area contributed by atoms with Gasteiger partial charge in [0, 0.05) is 29.1 Å². The number of carboxylic acid groups (broad SMARTS) is 1. The molecule has 118 valence electrons. The number of aliphatic carboxylic acids is 1. The molecule has 0 unspecified atom stereocenters. The van der Waals surface area contributed by atoms with Gasteiger partial charge in [-0.05, 0) is 55.7 Å². The van der Waals surface area contributed by atoms with E-state index in [-0.39, 0.29) is 12.3 Å². The number of anilines is 1. The van der Waals surface area contributed by atoms with E-state index >= 15 is 0 Å². The molecule has 0 saturated carbocycles. The lowest BCUT2D eigenvalue weighted by atomic mass is 10.0. The van der Waals surface area contributed by atoms with Gasteiger partial charge in [0.25, 0.3) is 5.91 Å². The summed E-state index contributed by atoms with van der Waals surface area (Å²) in [5, 5.41) is 11.7. The molecule has 1 aromatic carbocycles. The molecule has 5 nitrogen and oxygen atoms in total. The van der Waals surface area contributed by atoms with Crippen molar-refractivity contribution in [1.29, 1.82) is 0 Å². The van der Waals surface area contributed by atoms with Crippen LogP contribution in [0, 0.1) is 13.8 Å². The third kappa shape index (κ3) is 3.04. The Labute approximate surface area is 134 Å². The Hall–Kier alpha value is -2.82. The zero-order chi connectivity index (χ0) is 16.6. The van der Waals surface area contributed by atoms with Crippen LogP contribution in [0.15, 0.2) is 24.3 Å². The average molecular weight is 310 g/mol. The quantitative estimate of drug-likeness (QED) is 0.759. The van der Waals surface area contributed by atoms with Crippen LogP contribution in [0.4, 0.5) is 5.69 Å². The molecule has 2 aromatic rings. The standard InChI is InChI=1S/C18H18N2O3/c1-10-7-11(2)19-16(10)9-14-13-8-12(4-6-17(21)22)3-5-15(13)20-18(14)23/h3,5,7-9,19H,4,6H2,1-2H3,(H,20,23)(H,21,22)/b14-9-. The number of hydrogen-bond donors (Lipinski definition) is 3. The monoisotopic (exact) mass is 310 g/mol. The summed E-state index contributed by atoms with van der Waals surface area (Å²) in [4.78, 5) is 26.2. The van der Waals surface area contributed by atoms with Gasteiger partial charge in [-0.3, -0.25) is 9.59 Å². The fraction of sp³-hybridized carbons (Fsp3) is 0.222. The minimum Gasteiger partial charge on any atom is -0.481 e. The number of carbonyl (C=O) groups is 2. The maximum absolute atomic E-state index is 12.2. The van der Waals surface area contributed by atoms with Gasteiger partial charge in [-0.1, -0.05) is 6.07 Å². The van der Waals surface area contributed by atoms with Gasteiger partial charge in [0.05, 0.1) is 5.57 Å². The molecule has 0 aliphatic carbocycles. The predicted octanol–water partition coefficient (Wildman–Crippen LogP) is 3.14. The van der Waals surface area contributed by atoms with E-state index in [1.165, 1.54) is 0 Å². The molecule has 0 bridgehead atoms. The first-order valence-electron chi connectivity index (χ1n) is 7.48. The summed E-state index contributed by atoms with van der Waals surface area (Å²) < 4.78 is 0. The lowest BCUT2D eigenvalue weighted by Crippen LogP contribution is -2.03. The fourth-order valence-corrected chi connectivity index (χ4v) is 2.83. The molecule has 23 heavy (non-hydrogen) atoms. The first-order chi connectivity index (χ1) is 10.9. The minimum absolute atomic E-state index is 0.0775. The third-order valence-electron chi connectivity index (χ3n) is 3.97. The number of nitrogens with one attached hydrogen (secondary N) is 2. The second kappa shape index (κ2) is 5.76. The number of aryl methyl sites for hydroxylation is 3. The molecule has 0 fully saturated rings. The Morgan fingerprint density at radius 3 is 2.70 bits per heavy atom. The van der Waals surface area contributed by atoms with Gasteiger partial charge in [-0.25, -0.2) is 0 Å². The lowest BCUT2D eigenvalue weighted by molar-refractivity contribution is -0.137. The molecule has 3 N–H and O–H groups in total. The van der Waals surface area contributed by atoms with Crippen molar-refractivity contribution in [3.8, 4) is 0 Å². The Kier molecular flexibility index (Phi) is 3.78. The summed E-state index contributed by atoms with van der Waals surface area (Å²) in [6.45, 7) is 3.97. The second-order valence-corrected chi connectivity index (χ2v) is 5.83. The summed E-state index contributed by atoms with van der Waals surface area (Å²) in [5.74, 6) is -0.963. The number of carbonyl (C=O) groups excluding carboxylic acids is 1. The highest BCUT2D eigenvalue weighted by atomic mass is 16.4. The number of rotatable bonds is 4. The van der Waals surface area contributed by atoms with Crippen molar-refractivity contribution in [3.63, 3.8) is 0 Å². The van der Waals surface area contributed by atoms with E-state index in [0.29, 0.717) is 12.0 Å².